The van der Waals surface area contributed by atoms with E-state index in [9.17, 15) is 4.79 Å². The van der Waals surface area contributed by atoms with Crippen LogP contribution in [0, 0.1) is 6.92 Å². The molecule has 178 valence electrons. The van der Waals surface area contributed by atoms with Gasteiger partial charge < -0.3 is 14.2 Å². The smallest absolute Gasteiger partial charge is 0.260 e. The van der Waals surface area contributed by atoms with E-state index in [0.717, 1.165) is 35.4 Å². The molecule has 2 aromatic carbocycles. The average Bonchev–Trinajstić information content (AvgIpc) is 3.23. The van der Waals surface area contributed by atoms with Gasteiger partial charge in [0.1, 0.15) is 0 Å². The van der Waals surface area contributed by atoms with Crippen LogP contribution in [0.3, 0.4) is 0 Å². The van der Waals surface area contributed by atoms with E-state index in [1.54, 1.807) is 37.3 Å². The summed E-state index contributed by atoms with van der Waals surface area (Å²) in [5, 5.41) is 1.31. The Morgan fingerprint density at radius 2 is 1.91 bits per heavy atom. The highest BCUT2D eigenvalue weighted by Gasteiger charge is 2.24. The second kappa shape index (κ2) is 11.4. The first-order chi connectivity index (χ1) is 15.5. The summed E-state index contributed by atoms with van der Waals surface area (Å²) in [6, 6.07) is 8.99. The summed E-state index contributed by atoms with van der Waals surface area (Å²) in [6.07, 6.45) is 0. The average molecular weight is 512 g/mol. The third-order valence-electron chi connectivity index (χ3n) is 5.49. The summed E-state index contributed by atoms with van der Waals surface area (Å²) >= 11 is 7.72. The van der Waals surface area contributed by atoms with Gasteiger partial charge in [-0.1, -0.05) is 22.9 Å². The van der Waals surface area contributed by atoms with Crippen LogP contribution in [-0.2, 0) is 4.74 Å². The lowest BCUT2D eigenvalue weighted by Gasteiger charge is -2.29. The molecule has 3 aromatic rings. The first kappa shape index (κ1) is 25.5. The van der Waals surface area contributed by atoms with Crippen LogP contribution in [0.1, 0.15) is 15.9 Å². The normalized spacial score (nSPS) is 14.1. The maximum Gasteiger partial charge on any atom is 0.260 e. The SMILES string of the molecule is COc1ccc(C(=O)N(CCN2CCOCC2)c2nc3c(C)cc(Cl)cc3s2)cc1OC.Cl. The van der Waals surface area contributed by atoms with Crippen LogP contribution in [0.4, 0.5) is 5.13 Å². The van der Waals surface area contributed by atoms with E-state index >= 15 is 0 Å². The van der Waals surface area contributed by atoms with Crippen molar-refractivity contribution in [2.45, 2.75) is 6.92 Å². The number of fused-ring (bicyclic) bond motifs is 1. The molecule has 10 heteroatoms. The molecule has 0 saturated carbocycles. The Kier molecular flexibility index (Phi) is 8.78. The summed E-state index contributed by atoms with van der Waals surface area (Å²) in [7, 11) is 3.13. The molecule has 0 radical (unpaired) electrons. The van der Waals surface area contributed by atoms with E-state index in [1.807, 2.05) is 19.1 Å². The molecule has 1 fully saturated rings. The Bertz CT molecular complexity index is 1120. The molecule has 1 saturated heterocycles. The predicted octanol–water partition coefficient (Wildman–Crippen LogP) is 4.68. The maximum absolute atomic E-state index is 13.6. The monoisotopic (exact) mass is 511 g/mol. The molecule has 0 aliphatic carbocycles. The van der Waals surface area contributed by atoms with Crippen molar-refractivity contribution in [2.24, 2.45) is 0 Å². The van der Waals surface area contributed by atoms with Crippen molar-refractivity contribution in [3.05, 3.63) is 46.5 Å². The van der Waals surface area contributed by atoms with Crippen LogP contribution >= 0.6 is 35.3 Å². The van der Waals surface area contributed by atoms with E-state index < -0.39 is 0 Å². The van der Waals surface area contributed by atoms with Crippen LogP contribution < -0.4 is 14.4 Å². The molecule has 1 aliphatic rings. The number of aryl methyl sites for hydroxylation is 1. The number of hydrogen-bond acceptors (Lipinski definition) is 7. The number of methoxy groups -OCH3 is 2. The molecule has 0 N–H and O–H groups in total. The fourth-order valence-corrected chi connectivity index (χ4v) is 5.18. The number of anilines is 1. The number of morpholine rings is 1. The van der Waals surface area contributed by atoms with Crippen molar-refractivity contribution in [1.82, 2.24) is 9.88 Å². The summed E-state index contributed by atoms with van der Waals surface area (Å²) in [6.45, 7) is 6.36. The van der Waals surface area contributed by atoms with Gasteiger partial charge in [-0.25, -0.2) is 4.98 Å². The van der Waals surface area contributed by atoms with Crippen LogP contribution in [0.5, 0.6) is 11.5 Å². The molecule has 0 bridgehead atoms. The lowest BCUT2D eigenvalue weighted by molar-refractivity contribution is 0.0391. The number of halogens is 2. The molecule has 1 amide bonds. The fraction of sp³-hybridized carbons (Fsp3) is 0.391. The number of rotatable bonds is 7. The van der Waals surface area contributed by atoms with Gasteiger partial charge in [-0.2, -0.15) is 0 Å². The molecule has 7 nitrogen and oxygen atoms in total. The molecule has 0 spiro atoms. The van der Waals surface area contributed by atoms with Gasteiger partial charge in [-0.3, -0.25) is 14.6 Å². The quantitative estimate of drug-likeness (QED) is 0.458. The van der Waals surface area contributed by atoms with Gasteiger partial charge in [0, 0.05) is 36.8 Å². The molecule has 0 unspecified atom stereocenters. The second-order valence-corrected chi connectivity index (χ2v) is 8.99. The minimum Gasteiger partial charge on any atom is -0.493 e. The third-order valence-corrected chi connectivity index (χ3v) is 6.73. The van der Waals surface area contributed by atoms with Crippen molar-refractivity contribution < 1.29 is 19.0 Å². The summed E-state index contributed by atoms with van der Waals surface area (Å²) < 4.78 is 17.1. The van der Waals surface area contributed by atoms with Crippen LogP contribution in [0.15, 0.2) is 30.3 Å². The molecule has 0 atom stereocenters. The fourth-order valence-electron chi connectivity index (χ4n) is 3.73. The van der Waals surface area contributed by atoms with Crippen LogP contribution in [0.2, 0.25) is 5.02 Å². The Balaban J connectivity index is 0.00000306. The van der Waals surface area contributed by atoms with Crippen molar-refractivity contribution >= 4 is 56.6 Å². The van der Waals surface area contributed by atoms with Crippen molar-refractivity contribution in [3.8, 4) is 11.5 Å². The van der Waals surface area contributed by atoms with Crippen LogP contribution in [0.25, 0.3) is 10.2 Å². The number of amides is 1. The zero-order valence-corrected chi connectivity index (χ0v) is 21.2. The lowest BCUT2D eigenvalue weighted by Crippen LogP contribution is -2.43. The molecular formula is C23H27Cl2N3O4S. The first-order valence-electron chi connectivity index (χ1n) is 10.4. The molecule has 2 heterocycles. The Morgan fingerprint density at radius 3 is 2.61 bits per heavy atom. The van der Waals surface area contributed by atoms with E-state index in [-0.39, 0.29) is 18.3 Å². The summed E-state index contributed by atoms with van der Waals surface area (Å²) in [5.41, 5.74) is 2.37. The van der Waals surface area contributed by atoms with E-state index in [2.05, 4.69) is 4.90 Å². The number of hydrogen-bond donors (Lipinski definition) is 0. The van der Waals surface area contributed by atoms with Crippen molar-refractivity contribution in [2.75, 3.05) is 58.5 Å². The zero-order valence-electron chi connectivity index (χ0n) is 18.8. The van der Waals surface area contributed by atoms with E-state index in [4.69, 9.17) is 30.8 Å². The number of aromatic nitrogens is 1. The van der Waals surface area contributed by atoms with Gasteiger partial charge in [0.25, 0.3) is 5.91 Å². The predicted molar refractivity (Wildman–Crippen MR) is 135 cm³/mol. The minimum absolute atomic E-state index is 0. The van der Waals surface area contributed by atoms with E-state index in [0.29, 0.717) is 47.0 Å². The zero-order chi connectivity index (χ0) is 22.7. The maximum atomic E-state index is 13.6. The number of nitrogens with zero attached hydrogens (tertiary/aromatic N) is 3. The Hall–Kier alpha value is -2.10. The van der Waals surface area contributed by atoms with Gasteiger partial charge >= 0.3 is 0 Å². The number of thiazole rings is 1. The number of carbonyl (C=O) groups is 1. The minimum atomic E-state index is -0.137. The first-order valence-corrected chi connectivity index (χ1v) is 11.6. The summed E-state index contributed by atoms with van der Waals surface area (Å²) in [5.74, 6) is 0.953. The summed E-state index contributed by atoms with van der Waals surface area (Å²) in [4.78, 5) is 22.5. The second-order valence-electron chi connectivity index (χ2n) is 7.55. The van der Waals surface area contributed by atoms with Gasteiger partial charge in [-0.05, 0) is 42.8 Å². The van der Waals surface area contributed by atoms with E-state index in [1.165, 1.54) is 11.3 Å². The molecular weight excluding hydrogens is 485 g/mol. The van der Waals surface area contributed by atoms with Gasteiger partial charge in [0.2, 0.25) is 0 Å². The third kappa shape index (κ3) is 5.70. The highest BCUT2D eigenvalue weighted by molar-refractivity contribution is 7.22. The highest BCUT2D eigenvalue weighted by Crippen LogP contribution is 2.34. The lowest BCUT2D eigenvalue weighted by atomic mass is 10.1. The molecule has 33 heavy (non-hydrogen) atoms. The van der Waals surface area contributed by atoms with Crippen molar-refractivity contribution in [1.29, 1.82) is 0 Å². The largest absolute Gasteiger partial charge is 0.493 e. The highest BCUT2D eigenvalue weighted by atomic mass is 35.5. The van der Waals surface area contributed by atoms with Gasteiger partial charge in [-0.15, -0.1) is 12.4 Å². The topological polar surface area (TPSA) is 64.1 Å². The standard InChI is InChI=1S/C23H26ClN3O4S.ClH/c1-15-12-17(24)14-20-21(15)25-23(32-20)27(7-6-26-8-10-31-11-9-26)22(28)16-4-5-18(29-2)19(13-16)30-3;/h4-5,12-14H,6-11H2,1-3H3;1H. The number of ether oxygens (including phenoxy) is 3. The molecule has 1 aromatic heterocycles. The Labute approximate surface area is 208 Å². The number of benzene rings is 2. The van der Waals surface area contributed by atoms with Crippen molar-refractivity contribution in [3.63, 3.8) is 0 Å². The van der Waals surface area contributed by atoms with Crippen LogP contribution in [-0.4, -0.2) is 69.4 Å². The van der Waals surface area contributed by atoms with Gasteiger partial charge in [0.15, 0.2) is 16.6 Å². The molecule has 4 rings (SSSR count). The van der Waals surface area contributed by atoms with Gasteiger partial charge in [0.05, 0.1) is 37.6 Å². The number of carbonyl (C=O) groups excluding carboxylic acids is 1. The molecule has 1 aliphatic heterocycles. The Morgan fingerprint density at radius 1 is 1.18 bits per heavy atom.